The molecule has 1 aromatic heterocycles. The van der Waals surface area contributed by atoms with Gasteiger partial charge in [-0.3, -0.25) is 5.01 Å². The molecule has 126 valence electrons. The Bertz CT molecular complexity index is 825. The van der Waals surface area contributed by atoms with Crippen LogP contribution in [0.25, 0.3) is 0 Å². The number of hydrogen-bond acceptors (Lipinski definition) is 6. The molecule has 0 amide bonds. The van der Waals surface area contributed by atoms with Crippen LogP contribution in [0.1, 0.15) is 12.0 Å². The summed E-state index contributed by atoms with van der Waals surface area (Å²) < 4.78 is 1.84. The third-order valence-electron chi connectivity index (χ3n) is 3.60. The lowest BCUT2D eigenvalue weighted by molar-refractivity contribution is 0.475. The maximum Gasteiger partial charge on any atom is 0.139 e. The van der Waals surface area contributed by atoms with E-state index in [4.69, 9.17) is 5.26 Å². The summed E-state index contributed by atoms with van der Waals surface area (Å²) >= 11 is 1.75. The molecule has 1 N–H and O–H groups in total. The quantitative estimate of drug-likeness (QED) is 0.520. The molecule has 0 aliphatic rings. The molecule has 0 unspecified atom stereocenters. The van der Waals surface area contributed by atoms with Gasteiger partial charge in [-0.25, -0.2) is 4.68 Å². The van der Waals surface area contributed by atoms with E-state index in [1.54, 1.807) is 48.7 Å². The van der Waals surface area contributed by atoms with Crippen molar-refractivity contribution < 1.29 is 5.11 Å². The second-order valence-corrected chi connectivity index (χ2v) is 6.49. The van der Waals surface area contributed by atoms with Gasteiger partial charge in [0, 0.05) is 11.4 Å². The molecule has 0 bridgehead atoms. The lowest BCUT2D eigenvalue weighted by atomic mass is 10.2. The fraction of sp³-hybridized carbons (Fsp3) is 0.167. The number of phenols is 1. The van der Waals surface area contributed by atoms with Crippen LogP contribution in [-0.2, 0) is 0 Å². The highest BCUT2D eigenvalue weighted by Crippen LogP contribution is 2.22. The molecule has 0 saturated heterocycles. The Morgan fingerprint density at radius 2 is 1.72 bits per heavy atom. The smallest absolute Gasteiger partial charge is 0.139 e. The van der Waals surface area contributed by atoms with Gasteiger partial charge >= 0.3 is 0 Å². The number of aromatic nitrogens is 3. The van der Waals surface area contributed by atoms with Crippen LogP contribution in [0.4, 0.5) is 5.69 Å². The van der Waals surface area contributed by atoms with Crippen LogP contribution in [0.15, 0.2) is 66.1 Å². The standard InChI is InChI=1S/C18H17N5OS/c19-12-15-2-4-16(5-3-15)23(22-13-20-21-14-22)10-1-11-25-18-8-6-17(24)7-9-18/h2-9,13-14,24H,1,10-11H2. The minimum atomic E-state index is 0.281. The van der Waals surface area contributed by atoms with E-state index in [0.717, 1.165) is 29.3 Å². The number of anilines is 1. The van der Waals surface area contributed by atoms with Gasteiger partial charge in [-0.2, -0.15) is 5.26 Å². The maximum absolute atomic E-state index is 9.32. The van der Waals surface area contributed by atoms with Gasteiger partial charge in [-0.15, -0.1) is 22.0 Å². The molecule has 25 heavy (non-hydrogen) atoms. The van der Waals surface area contributed by atoms with Crippen molar-refractivity contribution in [3.63, 3.8) is 0 Å². The number of thioether (sulfide) groups is 1. The summed E-state index contributed by atoms with van der Waals surface area (Å²) in [6.07, 6.45) is 4.26. The zero-order valence-electron chi connectivity index (χ0n) is 13.5. The number of rotatable bonds is 7. The maximum atomic E-state index is 9.32. The molecule has 0 saturated carbocycles. The zero-order valence-corrected chi connectivity index (χ0v) is 14.3. The lowest BCUT2D eigenvalue weighted by Crippen LogP contribution is -2.29. The molecule has 3 aromatic rings. The molecule has 0 fully saturated rings. The molecule has 0 aliphatic carbocycles. The van der Waals surface area contributed by atoms with Gasteiger partial charge in [0.05, 0.1) is 17.3 Å². The normalized spacial score (nSPS) is 10.4. The third kappa shape index (κ3) is 4.52. The van der Waals surface area contributed by atoms with Crippen LogP contribution in [0, 0.1) is 11.3 Å². The molecule has 0 aliphatic heterocycles. The first-order valence-electron chi connectivity index (χ1n) is 7.81. The highest BCUT2D eigenvalue weighted by molar-refractivity contribution is 7.99. The van der Waals surface area contributed by atoms with Crippen LogP contribution >= 0.6 is 11.8 Å². The van der Waals surface area contributed by atoms with Gasteiger partial charge in [0.25, 0.3) is 0 Å². The number of aromatic hydroxyl groups is 1. The first-order valence-corrected chi connectivity index (χ1v) is 8.79. The van der Waals surface area contributed by atoms with E-state index in [2.05, 4.69) is 21.3 Å². The fourth-order valence-electron chi connectivity index (χ4n) is 2.35. The van der Waals surface area contributed by atoms with Crippen LogP contribution in [-0.4, -0.2) is 32.3 Å². The van der Waals surface area contributed by atoms with Gasteiger partial charge in [0.1, 0.15) is 18.4 Å². The number of benzene rings is 2. The van der Waals surface area contributed by atoms with Gasteiger partial charge in [0.2, 0.25) is 0 Å². The van der Waals surface area contributed by atoms with Gasteiger partial charge in [0.15, 0.2) is 0 Å². The predicted octanol–water partition coefficient (Wildman–Crippen LogP) is 3.31. The average molecular weight is 351 g/mol. The molecule has 1 heterocycles. The third-order valence-corrected chi connectivity index (χ3v) is 4.70. The van der Waals surface area contributed by atoms with Crippen molar-refractivity contribution in [1.29, 1.82) is 5.26 Å². The molecule has 7 heteroatoms. The van der Waals surface area contributed by atoms with E-state index >= 15 is 0 Å². The average Bonchev–Trinajstić information content (AvgIpc) is 3.18. The molecular weight excluding hydrogens is 334 g/mol. The van der Waals surface area contributed by atoms with Crippen molar-refractivity contribution in [3.05, 3.63) is 66.7 Å². The number of phenolic OH excluding ortho intramolecular Hbond substituents is 1. The predicted molar refractivity (Wildman–Crippen MR) is 97.4 cm³/mol. The molecule has 0 spiro atoms. The Labute approximate surface area is 150 Å². The summed E-state index contributed by atoms with van der Waals surface area (Å²) in [4.78, 5) is 1.13. The largest absolute Gasteiger partial charge is 0.508 e. The highest BCUT2D eigenvalue weighted by Gasteiger charge is 2.09. The van der Waals surface area contributed by atoms with E-state index in [-0.39, 0.29) is 5.75 Å². The van der Waals surface area contributed by atoms with Crippen molar-refractivity contribution in [3.8, 4) is 11.8 Å². The summed E-state index contributed by atoms with van der Waals surface area (Å²) in [5.74, 6) is 1.23. The van der Waals surface area contributed by atoms with Crippen LogP contribution in [0.3, 0.4) is 0 Å². The Balaban J connectivity index is 1.62. The second-order valence-electron chi connectivity index (χ2n) is 5.32. The SMILES string of the molecule is N#Cc1ccc(N(CCCSc2ccc(O)cc2)n2cnnc2)cc1. The molecular formula is C18H17N5OS. The first kappa shape index (κ1) is 16.9. The highest BCUT2D eigenvalue weighted by atomic mass is 32.2. The number of nitriles is 1. The van der Waals surface area contributed by atoms with E-state index in [9.17, 15) is 5.11 Å². The zero-order chi connectivity index (χ0) is 17.5. The number of hydrogen-bond donors (Lipinski definition) is 1. The van der Waals surface area contributed by atoms with Crippen molar-refractivity contribution in [1.82, 2.24) is 14.9 Å². The van der Waals surface area contributed by atoms with E-state index < -0.39 is 0 Å². The summed E-state index contributed by atoms with van der Waals surface area (Å²) in [5, 5.41) is 28.1. The summed E-state index contributed by atoms with van der Waals surface area (Å²) in [6, 6.07) is 16.8. The van der Waals surface area contributed by atoms with Gasteiger partial charge in [-0.05, 0) is 60.7 Å². The number of nitrogens with zero attached hydrogens (tertiary/aromatic N) is 5. The fourth-order valence-corrected chi connectivity index (χ4v) is 3.19. The van der Waals surface area contributed by atoms with E-state index in [0.29, 0.717) is 5.56 Å². The van der Waals surface area contributed by atoms with Crippen molar-refractivity contribution in [2.45, 2.75) is 11.3 Å². The van der Waals surface area contributed by atoms with Crippen molar-refractivity contribution in [2.75, 3.05) is 17.3 Å². The van der Waals surface area contributed by atoms with E-state index in [1.165, 1.54) is 0 Å². The Morgan fingerprint density at radius 3 is 2.36 bits per heavy atom. The van der Waals surface area contributed by atoms with Gasteiger partial charge in [-0.1, -0.05) is 0 Å². The van der Waals surface area contributed by atoms with Gasteiger partial charge < -0.3 is 5.11 Å². The molecule has 0 atom stereocenters. The first-order chi connectivity index (χ1) is 12.3. The van der Waals surface area contributed by atoms with E-state index in [1.807, 2.05) is 28.9 Å². The van der Waals surface area contributed by atoms with Crippen molar-refractivity contribution in [2.24, 2.45) is 0 Å². The van der Waals surface area contributed by atoms with Crippen LogP contribution < -0.4 is 5.01 Å². The van der Waals surface area contributed by atoms with Crippen LogP contribution in [0.2, 0.25) is 0 Å². The Kier molecular flexibility index (Phi) is 5.54. The topological polar surface area (TPSA) is 78.0 Å². The molecule has 6 nitrogen and oxygen atoms in total. The Hall–Kier alpha value is -2.98. The lowest BCUT2D eigenvalue weighted by Gasteiger charge is -2.24. The summed E-state index contributed by atoms with van der Waals surface area (Å²) in [5.41, 5.74) is 1.61. The molecule has 3 rings (SSSR count). The van der Waals surface area contributed by atoms with Crippen LogP contribution in [0.5, 0.6) is 5.75 Å². The minimum Gasteiger partial charge on any atom is -0.508 e. The van der Waals surface area contributed by atoms with Crippen molar-refractivity contribution >= 4 is 17.4 Å². The minimum absolute atomic E-state index is 0.281. The summed E-state index contributed by atoms with van der Waals surface area (Å²) in [7, 11) is 0. The monoisotopic (exact) mass is 351 g/mol. The second kappa shape index (κ2) is 8.22. The Morgan fingerprint density at radius 1 is 1.04 bits per heavy atom. The molecule has 0 radical (unpaired) electrons. The summed E-state index contributed by atoms with van der Waals surface area (Å²) in [6.45, 7) is 0.787. The molecule has 2 aromatic carbocycles.